The van der Waals surface area contributed by atoms with Crippen molar-refractivity contribution in [3.8, 4) is 0 Å². The summed E-state index contributed by atoms with van der Waals surface area (Å²) in [5.74, 6) is 0.839. The van der Waals surface area contributed by atoms with Crippen LogP contribution in [0.4, 0.5) is 0 Å². The first-order valence-corrected chi connectivity index (χ1v) is 4.74. The first-order chi connectivity index (χ1) is 5.40. The highest BCUT2D eigenvalue weighted by Crippen LogP contribution is 2.25. The van der Waals surface area contributed by atoms with Gasteiger partial charge in [0.05, 0.1) is 12.7 Å². The lowest BCUT2D eigenvalue weighted by molar-refractivity contribution is -0.0866. The van der Waals surface area contributed by atoms with Crippen molar-refractivity contribution in [1.82, 2.24) is 4.90 Å². The molecule has 0 saturated carbocycles. The summed E-state index contributed by atoms with van der Waals surface area (Å²) in [7, 11) is 0. The zero-order valence-corrected chi connectivity index (χ0v) is 7.25. The number of morpholine rings is 1. The highest BCUT2D eigenvalue weighted by Gasteiger charge is 2.31. The zero-order valence-electron chi connectivity index (χ0n) is 7.25. The average molecular weight is 155 g/mol. The summed E-state index contributed by atoms with van der Waals surface area (Å²) < 4.78 is 5.71. The third-order valence-corrected chi connectivity index (χ3v) is 3.04. The van der Waals surface area contributed by atoms with Gasteiger partial charge >= 0.3 is 0 Å². The van der Waals surface area contributed by atoms with Gasteiger partial charge in [-0.25, -0.2) is 0 Å². The van der Waals surface area contributed by atoms with Crippen molar-refractivity contribution in [2.75, 3.05) is 26.2 Å². The molecule has 0 radical (unpaired) electrons. The quantitative estimate of drug-likeness (QED) is 0.562. The molecule has 3 unspecified atom stereocenters. The van der Waals surface area contributed by atoms with Gasteiger partial charge < -0.3 is 4.74 Å². The van der Waals surface area contributed by atoms with Crippen LogP contribution < -0.4 is 0 Å². The number of hydrogen-bond donors (Lipinski definition) is 0. The van der Waals surface area contributed by atoms with Gasteiger partial charge in [-0.15, -0.1) is 0 Å². The summed E-state index contributed by atoms with van der Waals surface area (Å²) in [4.78, 5) is 2.53. The molecule has 2 saturated heterocycles. The van der Waals surface area contributed by atoms with E-state index in [0.717, 1.165) is 19.1 Å². The Morgan fingerprint density at radius 3 is 3.18 bits per heavy atom. The van der Waals surface area contributed by atoms with Crippen LogP contribution in [0.25, 0.3) is 0 Å². The van der Waals surface area contributed by atoms with Gasteiger partial charge in [-0.05, 0) is 18.9 Å². The predicted molar refractivity (Wildman–Crippen MR) is 44.6 cm³/mol. The molecule has 2 heterocycles. The first-order valence-electron chi connectivity index (χ1n) is 4.74. The van der Waals surface area contributed by atoms with Crippen molar-refractivity contribution in [1.29, 1.82) is 0 Å². The maximum absolute atomic E-state index is 5.71. The summed E-state index contributed by atoms with van der Waals surface area (Å²) in [5, 5.41) is 0. The smallest absolute Gasteiger partial charge is 0.0731 e. The molecule has 0 aromatic heterocycles. The van der Waals surface area contributed by atoms with E-state index in [1.165, 1.54) is 25.9 Å². The topological polar surface area (TPSA) is 12.5 Å². The Kier molecular flexibility index (Phi) is 2.14. The Morgan fingerprint density at radius 2 is 2.36 bits per heavy atom. The normalized spacial score (nSPS) is 43.9. The van der Waals surface area contributed by atoms with E-state index < -0.39 is 0 Å². The lowest BCUT2D eigenvalue weighted by atomic mass is 9.90. The molecule has 0 aliphatic carbocycles. The van der Waals surface area contributed by atoms with E-state index >= 15 is 0 Å². The summed E-state index contributed by atoms with van der Waals surface area (Å²) in [6, 6.07) is 0. The molecule has 0 aromatic rings. The first kappa shape index (κ1) is 7.56. The van der Waals surface area contributed by atoms with Crippen molar-refractivity contribution < 1.29 is 4.74 Å². The van der Waals surface area contributed by atoms with Gasteiger partial charge in [-0.3, -0.25) is 4.90 Å². The molecule has 0 N–H and O–H groups in total. The maximum atomic E-state index is 5.71. The molecule has 64 valence electrons. The molecule has 11 heavy (non-hydrogen) atoms. The number of rotatable bonds is 1. The molecule has 0 spiro atoms. The fraction of sp³-hybridized carbons (Fsp3) is 1.00. The second-order valence-electron chi connectivity index (χ2n) is 3.67. The van der Waals surface area contributed by atoms with Crippen molar-refractivity contribution in [2.24, 2.45) is 5.92 Å². The molecule has 0 amide bonds. The van der Waals surface area contributed by atoms with Crippen molar-refractivity contribution >= 4 is 0 Å². The fourth-order valence-electron chi connectivity index (χ4n) is 2.22. The predicted octanol–water partition coefficient (Wildman–Crippen LogP) is 1.12. The second kappa shape index (κ2) is 3.11. The minimum Gasteiger partial charge on any atom is -0.375 e. The van der Waals surface area contributed by atoms with Gasteiger partial charge in [0.2, 0.25) is 0 Å². The Morgan fingerprint density at radius 1 is 1.45 bits per heavy atom. The molecule has 2 fully saturated rings. The van der Waals surface area contributed by atoms with Gasteiger partial charge in [0.15, 0.2) is 0 Å². The molecule has 3 atom stereocenters. The number of hydrogen-bond acceptors (Lipinski definition) is 2. The lowest BCUT2D eigenvalue weighted by Crippen LogP contribution is -2.50. The Bertz CT molecular complexity index is 138. The summed E-state index contributed by atoms with van der Waals surface area (Å²) in [6.07, 6.45) is 3.20. The van der Waals surface area contributed by atoms with E-state index in [0.29, 0.717) is 6.10 Å². The SMILES string of the molecule is CCC1CCN2CCOC1C2. The third kappa shape index (κ3) is 1.42. The van der Waals surface area contributed by atoms with Crippen molar-refractivity contribution in [3.05, 3.63) is 0 Å². The van der Waals surface area contributed by atoms with E-state index in [1.807, 2.05) is 0 Å². The molecule has 2 heteroatoms. The van der Waals surface area contributed by atoms with E-state index in [-0.39, 0.29) is 0 Å². The van der Waals surface area contributed by atoms with Crippen LogP contribution >= 0.6 is 0 Å². The molecular weight excluding hydrogens is 138 g/mol. The van der Waals surface area contributed by atoms with Crippen LogP contribution in [0.2, 0.25) is 0 Å². The van der Waals surface area contributed by atoms with Gasteiger partial charge in [0.1, 0.15) is 0 Å². The molecule has 2 rings (SSSR count). The minimum absolute atomic E-state index is 0.558. The van der Waals surface area contributed by atoms with Crippen LogP contribution in [0.15, 0.2) is 0 Å². The van der Waals surface area contributed by atoms with Crippen LogP contribution in [-0.2, 0) is 4.74 Å². The second-order valence-corrected chi connectivity index (χ2v) is 3.67. The summed E-state index contributed by atoms with van der Waals surface area (Å²) in [5.41, 5.74) is 0. The van der Waals surface area contributed by atoms with Crippen molar-refractivity contribution in [2.45, 2.75) is 25.9 Å². The lowest BCUT2D eigenvalue weighted by Gasteiger charge is -2.42. The van der Waals surface area contributed by atoms with Gasteiger partial charge in [0.25, 0.3) is 0 Å². The van der Waals surface area contributed by atoms with Gasteiger partial charge in [0, 0.05) is 13.1 Å². The van der Waals surface area contributed by atoms with E-state index in [1.54, 1.807) is 0 Å². The van der Waals surface area contributed by atoms with E-state index in [4.69, 9.17) is 4.74 Å². The zero-order chi connectivity index (χ0) is 7.68. The number of nitrogens with zero attached hydrogens (tertiary/aromatic N) is 1. The van der Waals surface area contributed by atoms with Gasteiger partial charge in [-0.1, -0.05) is 13.3 Å². The number of ether oxygens (including phenoxy) is 1. The standard InChI is InChI=1S/C9H17NO/c1-2-8-3-4-10-5-6-11-9(8)7-10/h8-9H,2-7H2,1H3. The molecule has 0 aromatic carbocycles. The fourth-order valence-corrected chi connectivity index (χ4v) is 2.22. The van der Waals surface area contributed by atoms with E-state index in [9.17, 15) is 0 Å². The average Bonchev–Trinajstić information content (AvgIpc) is 2.06. The monoisotopic (exact) mass is 155 g/mol. The Labute approximate surface area is 68.5 Å². The van der Waals surface area contributed by atoms with Crippen LogP contribution in [0, 0.1) is 5.92 Å². The molecule has 2 aliphatic heterocycles. The van der Waals surface area contributed by atoms with Crippen molar-refractivity contribution in [3.63, 3.8) is 0 Å². The largest absolute Gasteiger partial charge is 0.375 e. The van der Waals surface area contributed by atoms with Crippen LogP contribution in [0.3, 0.4) is 0 Å². The molecule has 2 nitrogen and oxygen atoms in total. The minimum atomic E-state index is 0.558. The highest BCUT2D eigenvalue weighted by molar-refractivity contribution is 4.83. The number of fused-ring (bicyclic) bond motifs is 2. The van der Waals surface area contributed by atoms with Crippen LogP contribution in [-0.4, -0.2) is 37.2 Å². The Balaban J connectivity index is 1.97. The number of piperidine rings is 1. The highest BCUT2D eigenvalue weighted by atomic mass is 16.5. The molecule has 2 aliphatic rings. The van der Waals surface area contributed by atoms with Crippen LogP contribution in [0.5, 0.6) is 0 Å². The maximum Gasteiger partial charge on any atom is 0.0731 e. The Hall–Kier alpha value is -0.0800. The summed E-state index contributed by atoms with van der Waals surface area (Å²) in [6.45, 7) is 6.89. The summed E-state index contributed by atoms with van der Waals surface area (Å²) >= 11 is 0. The molecular formula is C9H17NO. The molecule has 2 bridgehead atoms. The van der Waals surface area contributed by atoms with Gasteiger partial charge in [-0.2, -0.15) is 0 Å². The van der Waals surface area contributed by atoms with E-state index in [2.05, 4.69) is 11.8 Å². The third-order valence-electron chi connectivity index (χ3n) is 3.04. The van der Waals surface area contributed by atoms with Crippen LogP contribution in [0.1, 0.15) is 19.8 Å².